The molecular weight excluding hydrogens is 252 g/mol. The molecule has 0 amide bonds. The Balaban J connectivity index is 1.75. The van der Waals surface area contributed by atoms with Crippen LogP contribution >= 0.6 is 12.2 Å². The molecule has 96 valence electrons. The Morgan fingerprint density at radius 2 is 2.11 bits per heavy atom. The van der Waals surface area contributed by atoms with Crippen LogP contribution in [0.1, 0.15) is 5.56 Å². The summed E-state index contributed by atoms with van der Waals surface area (Å²) in [4.78, 5) is 0. The van der Waals surface area contributed by atoms with Gasteiger partial charge in [0, 0.05) is 0 Å². The highest BCUT2D eigenvalue weighted by Gasteiger charge is 1.97. The summed E-state index contributed by atoms with van der Waals surface area (Å²) in [5.74, 6) is 0.841. The minimum Gasteiger partial charge on any atom is -0.497 e. The van der Waals surface area contributed by atoms with Gasteiger partial charge in [-0.2, -0.15) is 5.21 Å². The zero-order valence-electron chi connectivity index (χ0n) is 10.00. The van der Waals surface area contributed by atoms with E-state index in [0.29, 0.717) is 24.5 Å². The predicted octanol–water partition coefficient (Wildman–Crippen LogP) is 1.56. The van der Waals surface area contributed by atoms with Gasteiger partial charge in [-0.3, -0.25) is 0 Å². The average Bonchev–Trinajstić information content (AvgIpc) is 2.81. The van der Waals surface area contributed by atoms with E-state index in [2.05, 4.69) is 15.5 Å². The Bertz CT molecular complexity index is 534. The van der Waals surface area contributed by atoms with E-state index in [0.717, 1.165) is 11.3 Å². The number of ether oxygens (including phenoxy) is 2. The minimum absolute atomic E-state index is 0.433. The van der Waals surface area contributed by atoms with Crippen LogP contribution in [0.3, 0.4) is 0 Å². The molecule has 18 heavy (non-hydrogen) atoms. The van der Waals surface area contributed by atoms with Crippen molar-refractivity contribution in [3.05, 3.63) is 34.6 Å². The second kappa shape index (κ2) is 6.27. The number of tetrazole rings is 1. The third kappa shape index (κ3) is 3.38. The van der Waals surface area contributed by atoms with Crippen LogP contribution in [0.4, 0.5) is 0 Å². The molecule has 6 nitrogen and oxygen atoms in total. The molecule has 2 aromatic rings. The number of nitrogens with one attached hydrogen (secondary N) is 1. The third-order valence-corrected chi connectivity index (χ3v) is 2.72. The number of rotatable bonds is 6. The maximum Gasteiger partial charge on any atom is 0.238 e. The maximum absolute atomic E-state index is 5.54. The maximum atomic E-state index is 5.54. The number of hydrogen-bond donors (Lipinski definition) is 1. The topological polar surface area (TPSA) is 65.0 Å². The van der Waals surface area contributed by atoms with Crippen LogP contribution < -0.4 is 4.74 Å². The van der Waals surface area contributed by atoms with Gasteiger partial charge in [0.1, 0.15) is 5.75 Å². The second-order valence-corrected chi connectivity index (χ2v) is 4.00. The first-order chi connectivity index (χ1) is 8.79. The highest BCUT2D eigenvalue weighted by Crippen LogP contribution is 2.11. The van der Waals surface area contributed by atoms with Crippen LogP contribution in [-0.2, 0) is 17.9 Å². The van der Waals surface area contributed by atoms with E-state index in [-0.39, 0.29) is 0 Å². The summed E-state index contributed by atoms with van der Waals surface area (Å²) in [6.45, 7) is 1.71. The second-order valence-electron chi connectivity index (χ2n) is 3.63. The number of nitrogens with zero attached hydrogens (tertiary/aromatic N) is 3. The van der Waals surface area contributed by atoms with Gasteiger partial charge < -0.3 is 9.47 Å². The number of methoxy groups -OCH3 is 1. The van der Waals surface area contributed by atoms with Crippen molar-refractivity contribution in [3.8, 4) is 5.75 Å². The van der Waals surface area contributed by atoms with Gasteiger partial charge in [-0.25, -0.2) is 4.68 Å². The van der Waals surface area contributed by atoms with Crippen LogP contribution in [0, 0.1) is 4.77 Å². The zero-order valence-corrected chi connectivity index (χ0v) is 10.8. The van der Waals surface area contributed by atoms with E-state index in [1.165, 1.54) is 0 Å². The Hall–Kier alpha value is -1.73. The molecule has 0 aliphatic carbocycles. The summed E-state index contributed by atoms with van der Waals surface area (Å²) in [6, 6.07) is 7.77. The lowest BCUT2D eigenvalue weighted by molar-refractivity contribution is 0.110. The molecule has 0 atom stereocenters. The lowest BCUT2D eigenvalue weighted by atomic mass is 10.2. The first-order valence-corrected chi connectivity index (χ1v) is 5.89. The van der Waals surface area contributed by atoms with Crippen molar-refractivity contribution in [2.75, 3.05) is 13.7 Å². The lowest BCUT2D eigenvalue weighted by Gasteiger charge is -2.05. The van der Waals surface area contributed by atoms with Gasteiger partial charge in [-0.15, -0.1) is 0 Å². The Morgan fingerprint density at radius 3 is 2.72 bits per heavy atom. The molecule has 0 fully saturated rings. The summed E-state index contributed by atoms with van der Waals surface area (Å²) in [7, 11) is 1.65. The monoisotopic (exact) mass is 266 g/mol. The van der Waals surface area contributed by atoms with Gasteiger partial charge in [-0.1, -0.05) is 22.4 Å². The largest absolute Gasteiger partial charge is 0.497 e. The van der Waals surface area contributed by atoms with Gasteiger partial charge in [0.2, 0.25) is 4.77 Å². The lowest BCUT2D eigenvalue weighted by Crippen LogP contribution is -2.07. The summed E-state index contributed by atoms with van der Waals surface area (Å²) < 4.78 is 12.7. The fourth-order valence-corrected chi connectivity index (χ4v) is 1.60. The average molecular weight is 266 g/mol. The van der Waals surface area contributed by atoms with Crippen LogP contribution in [0.25, 0.3) is 0 Å². The van der Waals surface area contributed by atoms with E-state index in [4.69, 9.17) is 21.7 Å². The van der Waals surface area contributed by atoms with Crippen LogP contribution in [0.2, 0.25) is 0 Å². The number of aromatic nitrogens is 4. The molecule has 0 spiro atoms. The van der Waals surface area contributed by atoms with Gasteiger partial charge in [0.15, 0.2) is 0 Å². The smallest absolute Gasteiger partial charge is 0.238 e. The SMILES string of the molecule is COc1ccc(COCCn2[nH]nnc2=S)cc1. The van der Waals surface area contributed by atoms with Crippen molar-refractivity contribution in [3.63, 3.8) is 0 Å². The van der Waals surface area contributed by atoms with Crippen molar-refractivity contribution in [1.29, 1.82) is 0 Å². The molecule has 1 N–H and O–H groups in total. The van der Waals surface area contributed by atoms with Crippen LogP contribution in [0.5, 0.6) is 5.75 Å². The molecule has 1 heterocycles. The Kier molecular flexibility index (Phi) is 4.43. The fraction of sp³-hybridized carbons (Fsp3) is 0.364. The summed E-state index contributed by atoms with van der Waals surface area (Å²) in [5.41, 5.74) is 1.10. The molecule has 0 aliphatic rings. The summed E-state index contributed by atoms with van der Waals surface area (Å²) in [6.07, 6.45) is 0. The number of H-pyrrole nitrogens is 1. The number of aromatic amines is 1. The Labute approximate surface area is 110 Å². The van der Waals surface area contributed by atoms with E-state index in [1.807, 2.05) is 24.3 Å². The molecule has 7 heteroatoms. The molecule has 0 unspecified atom stereocenters. The molecule has 0 saturated carbocycles. The molecule has 0 radical (unpaired) electrons. The number of hydrogen-bond acceptors (Lipinski definition) is 5. The standard InChI is InChI=1S/C11H14N4O2S/c1-16-10-4-2-9(3-5-10)8-17-7-6-15-11(18)12-13-14-15/h2-5H,6-8H2,1H3,(H,12,14,18). The molecule has 1 aromatic carbocycles. The molecule has 2 rings (SSSR count). The zero-order chi connectivity index (χ0) is 12.8. The molecule has 1 aromatic heterocycles. The highest BCUT2D eigenvalue weighted by molar-refractivity contribution is 7.71. The van der Waals surface area contributed by atoms with Gasteiger partial charge in [-0.05, 0) is 29.9 Å². The fourth-order valence-electron chi connectivity index (χ4n) is 1.43. The van der Waals surface area contributed by atoms with Crippen molar-refractivity contribution in [1.82, 2.24) is 20.2 Å². The van der Waals surface area contributed by atoms with Crippen molar-refractivity contribution < 1.29 is 9.47 Å². The summed E-state index contributed by atoms with van der Waals surface area (Å²) in [5, 5.41) is 9.94. The van der Waals surface area contributed by atoms with Crippen LogP contribution in [-0.4, -0.2) is 33.9 Å². The van der Waals surface area contributed by atoms with Crippen molar-refractivity contribution in [2.45, 2.75) is 13.2 Å². The first-order valence-electron chi connectivity index (χ1n) is 5.48. The van der Waals surface area contributed by atoms with Gasteiger partial charge in [0.25, 0.3) is 0 Å². The highest BCUT2D eigenvalue weighted by atomic mass is 32.1. The van der Waals surface area contributed by atoms with Crippen molar-refractivity contribution >= 4 is 12.2 Å². The van der Waals surface area contributed by atoms with E-state index in [1.54, 1.807) is 11.8 Å². The van der Waals surface area contributed by atoms with Gasteiger partial charge in [0.05, 0.1) is 26.9 Å². The molecular formula is C11H14N4O2S. The van der Waals surface area contributed by atoms with E-state index >= 15 is 0 Å². The summed E-state index contributed by atoms with van der Waals surface area (Å²) >= 11 is 4.94. The Morgan fingerprint density at radius 1 is 1.33 bits per heavy atom. The normalized spacial score (nSPS) is 10.5. The first kappa shape index (κ1) is 12.7. The molecule has 0 aliphatic heterocycles. The third-order valence-electron chi connectivity index (χ3n) is 2.42. The predicted molar refractivity (Wildman–Crippen MR) is 67.9 cm³/mol. The molecule has 0 bridgehead atoms. The quantitative estimate of drug-likeness (QED) is 0.635. The number of benzene rings is 1. The van der Waals surface area contributed by atoms with Gasteiger partial charge >= 0.3 is 0 Å². The van der Waals surface area contributed by atoms with E-state index < -0.39 is 0 Å². The van der Waals surface area contributed by atoms with E-state index in [9.17, 15) is 0 Å². The van der Waals surface area contributed by atoms with Crippen molar-refractivity contribution in [2.24, 2.45) is 0 Å². The van der Waals surface area contributed by atoms with Crippen LogP contribution in [0.15, 0.2) is 24.3 Å². The molecule has 0 saturated heterocycles. The minimum atomic E-state index is 0.433.